The van der Waals surface area contributed by atoms with Crippen LogP contribution in [0, 0.1) is 0 Å². The molecular formula is C28H41BrN2O. The molecule has 0 bridgehead atoms. The number of fused-ring (bicyclic) bond motifs is 1. The van der Waals surface area contributed by atoms with Gasteiger partial charge in [0, 0.05) is 0 Å². The second-order valence-electron chi connectivity index (χ2n) is 8.82. The highest BCUT2D eigenvalue weighted by Crippen LogP contribution is 2.24. The molecule has 3 rings (SSSR count). The molecule has 176 valence electrons. The van der Waals surface area contributed by atoms with E-state index in [0.717, 1.165) is 38.2 Å². The molecule has 0 fully saturated rings. The number of unbranched alkanes of at least 4 members (excludes halogenated alkanes) is 5. The van der Waals surface area contributed by atoms with E-state index in [0.29, 0.717) is 0 Å². The highest BCUT2D eigenvalue weighted by atomic mass is 79.9. The van der Waals surface area contributed by atoms with Crippen molar-refractivity contribution < 1.29 is 26.3 Å². The normalized spacial score (nSPS) is 11.0. The Labute approximate surface area is 205 Å². The summed E-state index contributed by atoms with van der Waals surface area (Å²) < 4.78 is 10.8. The van der Waals surface area contributed by atoms with E-state index in [2.05, 4.69) is 78.8 Å². The summed E-state index contributed by atoms with van der Waals surface area (Å²) in [6, 6.07) is 15.5. The van der Waals surface area contributed by atoms with E-state index in [1.165, 1.54) is 67.1 Å². The molecule has 0 saturated carbocycles. The number of rotatable bonds is 14. The fourth-order valence-electron chi connectivity index (χ4n) is 4.35. The van der Waals surface area contributed by atoms with Gasteiger partial charge in [0.2, 0.25) is 6.33 Å². The molecule has 0 spiro atoms. The van der Waals surface area contributed by atoms with Crippen LogP contribution in [0.4, 0.5) is 0 Å². The summed E-state index contributed by atoms with van der Waals surface area (Å²) in [5.74, 6) is 1.10. The van der Waals surface area contributed by atoms with Gasteiger partial charge in [0.15, 0.2) is 11.0 Å². The molecule has 0 N–H and O–H groups in total. The van der Waals surface area contributed by atoms with Gasteiger partial charge < -0.3 is 21.7 Å². The molecule has 1 aromatic heterocycles. The first kappa shape index (κ1) is 26.4. The minimum Gasteiger partial charge on any atom is -1.00 e. The van der Waals surface area contributed by atoms with Crippen LogP contribution in [0.1, 0.15) is 76.3 Å². The number of ether oxygens (including phenoxy) is 1. The molecule has 0 atom stereocenters. The first-order valence-corrected chi connectivity index (χ1v) is 12.4. The van der Waals surface area contributed by atoms with Crippen molar-refractivity contribution in [2.45, 2.75) is 84.6 Å². The highest BCUT2D eigenvalue weighted by Gasteiger charge is 2.12. The number of para-hydroxylation sites is 2. The van der Waals surface area contributed by atoms with Crippen molar-refractivity contribution in [2.24, 2.45) is 7.05 Å². The lowest BCUT2D eigenvalue weighted by Crippen LogP contribution is -3.00. The lowest BCUT2D eigenvalue weighted by molar-refractivity contribution is -0.645. The van der Waals surface area contributed by atoms with Crippen molar-refractivity contribution in [3.63, 3.8) is 0 Å². The van der Waals surface area contributed by atoms with Crippen LogP contribution in [0.3, 0.4) is 0 Å². The lowest BCUT2D eigenvalue weighted by Gasteiger charge is -2.13. The summed E-state index contributed by atoms with van der Waals surface area (Å²) in [4.78, 5) is 0. The van der Waals surface area contributed by atoms with E-state index >= 15 is 0 Å². The number of halogens is 1. The minimum atomic E-state index is 0. The van der Waals surface area contributed by atoms with Gasteiger partial charge in [-0.15, -0.1) is 0 Å². The second kappa shape index (κ2) is 14.4. The molecule has 4 heteroatoms. The molecule has 3 aromatic rings. The van der Waals surface area contributed by atoms with E-state index < -0.39 is 0 Å². The third kappa shape index (κ3) is 7.65. The summed E-state index contributed by atoms with van der Waals surface area (Å²) >= 11 is 0. The largest absolute Gasteiger partial charge is 1.00 e. The van der Waals surface area contributed by atoms with Crippen molar-refractivity contribution in [2.75, 3.05) is 6.61 Å². The SMILES string of the molecule is CCCCCc1ccc(OCCCCn2c[n+](C)c3ccccc32)c(CCCCC)c1.[Br-]. The van der Waals surface area contributed by atoms with Crippen molar-refractivity contribution in [3.05, 3.63) is 59.9 Å². The Balaban J connectivity index is 0.00000363. The molecule has 0 aliphatic carbocycles. The Hall–Kier alpha value is -1.81. The van der Waals surface area contributed by atoms with Crippen LogP contribution in [-0.2, 0) is 26.4 Å². The maximum Gasteiger partial charge on any atom is 0.244 e. The fraction of sp³-hybridized carbons (Fsp3) is 0.536. The molecular weight excluding hydrogens is 460 g/mol. The van der Waals surface area contributed by atoms with Gasteiger partial charge in [-0.05, 0) is 67.9 Å². The van der Waals surface area contributed by atoms with Crippen LogP contribution in [-0.4, -0.2) is 11.2 Å². The maximum atomic E-state index is 6.26. The zero-order valence-electron chi connectivity index (χ0n) is 20.3. The van der Waals surface area contributed by atoms with Crippen molar-refractivity contribution in [1.29, 1.82) is 0 Å². The van der Waals surface area contributed by atoms with Gasteiger partial charge in [0.1, 0.15) is 5.75 Å². The summed E-state index contributed by atoms with van der Waals surface area (Å²) in [6.07, 6.45) is 14.4. The van der Waals surface area contributed by atoms with E-state index in [-0.39, 0.29) is 17.0 Å². The number of benzene rings is 2. The average molecular weight is 502 g/mol. The number of hydrogen-bond donors (Lipinski definition) is 0. The Bertz CT molecular complexity index is 934. The standard InChI is InChI=1S/C28H41N2O.BrH/c1-4-6-8-14-24-18-19-28(25(22-24)15-9-7-5-2)31-21-13-12-20-30-23-29(3)26-16-10-11-17-27(26)30;/h10-11,16-19,22-23H,4-9,12-15,20-21H2,1-3H3;1H/q+1;/p-1. The Morgan fingerprint density at radius 1 is 0.844 bits per heavy atom. The molecule has 0 aliphatic rings. The number of aromatic nitrogens is 2. The smallest absolute Gasteiger partial charge is 0.244 e. The summed E-state index contributed by atoms with van der Waals surface area (Å²) in [5.41, 5.74) is 5.47. The van der Waals surface area contributed by atoms with E-state index in [1.807, 2.05) is 0 Å². The van der Waals surface area contributed by atoms with Gasteiger partial charge in [-0.25, -0.2) is 9.13 Å². The van der Waals surface area contributed by atoms with Gasteiger partial charge in [-0.2, -0.15) is 0 Å². The van der Waals surface area contributed by atoms with Gasteiger partial charge in [-0.1, -0.05) is 63.8 Å². The third-order valence-corrected chi connectivity index (χ3v) is 6.18. The molecule has 3 nitrogen and oxygen atoms in total. The lowest BCUT2D eigenvalue weighted by atomic mass is 10.00. The molecule has 2 aromatic carbocycles. The van der Waals surface area contributed by atoms with Crippen LogP contribution in [0.25, 0.3) is 11.0 Å². The third-order valence-electron chi connectivity index (χ3n) is 6.18. The summed E-state index contributed by atoms with van der Waals surface area (Å²) in [6.45, 7) is 6.37. The van der Waals surface area contributed by atoms with Gasteiger partial charge in [-0.3, -0.25) is 0 Å². The molecule has 0 saturated heterocycles. The number of nitrogens with zero attached hydrogens (tertiary/aromatic N) is 2. The molecule has 32 heavy (non-hydrogen) atoms. The zero-order chi connectivity index (χ0) is 21.9. The van der Waals surface area contributed by atoms with Crippen LogP contribution < -0.4 is 26.3 Å². The fourth-order valence-corrected chi connectivity index (χ4v) is 4.35. The molecule has 0 aliphatic heterocycles. The van der Waals surface area contributed by atoms with Crippen LogP contribution in [0.5, 0.6) is 5.75 Å². The van der Waals surface area contributed by atoms with Crippen molar-refractivity contribution in [1.82, 2.24) is 4.57 Å². The molecule has 0 amide bonds. The van der Waals surface area contributed by atoms with E-state index in [1.54, 1.807) is 0 Å². The summed E-state index contributed by atoms with van der Waals surface area (Å²) in [7, 11) is 2.12. The maximum absolute atomic E-state index is 6.26. The summed E-state index contributed by atoms with van der Waals surface area (Å²) in [5, 5.41) is 0. The molecule has 1 heterocycles. The Morgan fingerprint density at radius 2 is 1.59 bits per heavy atom. The topological polar surface area (TPSA) is 18.0 Å². The highest BCUT2D eigenvalue weighted by molar-refractivity contribution is 5.71. The predicted octanol–water partition coefficient (Wildman–Crippen LogP) is 3.79. The number of imidazole rings is 1. The van der Waals surface area contributed by atoms with Crippen molar-refractivity contribution >= 4 is 11.0 Å². The Morgan fingerprint density at radius 3 is 2.38 bits per heavy atom. The van der Waals surface area contributed by atoms with Gasteiger partial charge in [0.05, 0.1) is 20.2 Å². The van der Waals surface area contributed by atoms with Crippen LogP contribution in [0.2, 0.25) is 0 Å². The zero-order valence-corrected chi connectivity index (χ0v) is 21.9. The van der Waals surface area contributed by atoms with Gasteiger partial charge in [0.25, 0.3) is 0 Å². The van der Waals surface area contributed by atoms with Crippen LogP contribution >= 0.6 is 0 Å². The molecule has 0 radical (unpaired) electrons. The van der Waals surface area contributed by atoms with E-state index in [9.17, 15) is 0 Å². The average Bonchev–Trinajstić information content (AvgIpc) is 3.11. The second-order valence-corrected chi connectivity index (χ2v) is 8.82. The molecule has 0 unspecified atom stereocenters. The van der Waals surface area contributed by atoms with Gasteiger partial charge >= 0.3 is 0 Å². The number of hydrogen-bond acceptors (Lipinski definition) is 1. The van der Waals surface area contributed by atoms with Crippen molar-refractivity contribution in [3.8, 4) is 5.75 Å². The quantitative estimate of drug-likeness (QED) is 0.243. The monoisotopic (exact) mass is 500 g/mol. The predicted molar refractivity (Wildman–Crippen MR) is 131 cm³/mol. The van der Waals surface area contributed by atoms with E-state index in [4.69, 9.17) is 4.74 Å². The van der Waals surface area contributed by atoms with Crippen LogP contribution in [0.15, 0.2) is 48.8 Å². The first-order chi connectivity index (χ1) is 15.2. The number of aryl methyl sites for hydroxylation is 4. The first-order valence-electron chi connectivity index (χ1n) is 12.4. The minimum absolute atomic E-state index is 0. The Kier molecular flexibility index (Phi) is 11.9.